The summed E-state index contributed by atoms with van der Waals surface area (Å²) in [5, 5.41) is 11.9. The molecular formula is C26H33NO3. The third kappa shape index (κ3) is 4.17. The van der Waals surface area contributed by atoms with E-state index in [4.69, 9.17) is 4.74 Å². The van der Waals surface area contributed by atoms with Gasteiger partial charge in [0.2, 0.25) is 0 Å². The Morgan fingerprint density at radius 1 is 1.17 bits per heavy atom. The zero-order valence-corrected chi connectivity index (χ0v) is 18.3. The fraction of sp³-hybridized carbons (Fsp3) is 0.500. The van der Waals surface area contributed by atoms with E-state index in [0.717, 1.165) is 24.1 Å². The average molecular weight is 408 g/mol. The molecule has 2 aliphatic rings. The van der Waals surface area contributed by atoms with Crippen LogP contribution in [0.25, 0.3) is 0 Å². The number of esters is 1. The maximum atomic E-state index is 12.7. The van der Waals surface area contributed by atoms with Crippen molar-refractivity contribution < 1.29 is 14.6 Å². The number of hydrogen-bond acceptors (Lipinski definition) is 4. The Kier molecular flexibility index (Phi) is 5.99. The molecule has 1 N–H and O–H groups in total. The Labute approximate surface area is 179 Å². The summed E-state index contributed by atoms with van der Waals surface area (Å²) >= 11 is 0. The highest BCUT2D eigenvalue weighted by Gasteiger charge is 2.51. The monoisotopic (exact) mass is 407 g/mol. The predicted octanol–water partition coefficient (Wildman–Crippen LogP) is 4.58. The summed E-state index contributed by atoms with van der Waals surface area (Å²) in [6.07, 6.45) is 4.43. The van der Waals surface area contributed by atoms with Gasteiger partial charge in [0.05, 0.1) is 11.5 Å². The van der Waals surface area contributed by atoms with E-state index in [2.05, 4.69) is 19.0 Å². The molecule has 2 fully saturated rings. The molecule has 160 valence electrons. The molecular weight excluding hydrogens is 374 g/mol. The quantitative estimate of drug-likeness (QED) is 0.562. The minimum atomic E-state index is -0.873. The number of benzene rings is 2. The average Bonchev–Trinajstić information content (AvgIpc) is 3.14. The van der Waals surface area contributed by atoms with Gasteiger partial charge in [-0.25, -0.2) is 0 Å². The predicted molar refractivity (Wildman–Crippen MR) is 118 cm³/mol. The summed E-state index contributed by atoms with van der Waals surface area (Å²) in [4.78, 5) is 14.9. The second-order valence-electron chi connectivity index (χ2n) is 9.52. The lowest BCUT2D eigenvalue weighted by atomic mass is 9.66. The van der Waals surface area contributed by atoms with E-state index in [1.54, 1.807) is 6.07 Å². The number of carbonyl (C=O) groups excluding carboxylic acids is 1. The Hall–Kier alpha value is -2.17. The second-order valence-corrected chi connectivity index (χ2v) is 9.52. The molecule has 5 atom stereocenters. The molecule has 2 bridgehead atoms. The summed E-state index contributed by atoms with van der Waals surface area (Å²) in [5.74, 6) is 1.22. The van der Waals surface area contributed by atoms with Crippen molar-refractivity contribution in [3.8, 4) is 5.75 Å². The molecule has 4 heteroatoms. The lowest BCUT2D eigenvalue weighted by Crippen LogP contribution is -2.47. The summed E-state index contributed by atoms with van der Waals surface area (Å²) in [6, 6.07) is 17.2. The van der Waals surface area contributed by atoms with Gasteiger partial charge in [-0.3, -0.25) is 4.79 Å². The maximum absolute atomic E-state index is 12.7. The van der Waals surface area contributed by atoms with Crippen molar-refractivity contribution in [3.05, 3.63) is 65.7 Å². The van der Waals surface area contributed by atoms with Gasteiger partial charge in [-0.05, 0) is 75.4 Å². The molecule has 0 aromatic heterocycles. The van der Waals surface area contributed by atoms with Gasteiger partial charge in [0.25, 0.3) is 0 Å². The first-order chi connectivity index (χ1) is 14.4. The second kappa shape index (κ2) is 8.52. The SMILES string of the molecule is C[C@H](C(=O)Oc1cccc([C@]2(O)C[C@H]3CC[C@H](C3)[C@H]2CN(C)C)c1)c1ccccc1. The molecule has 2 aromatic carbocycles. The van der Waals surface area contributed by atoms with Crippen LogP contribution in [0.5, 0.6) is 5.75 Å². The Bertz CT molecular complexity index is 881. The van der Waals surface area contributed by atoms with Crippen LogP contribution in [-0.4, -0.2) is 36.6 Å². The van der Waals surface area contributed by atoms with E-state index in [1.165, 1.54) is 19.3 Å². The first-order valence-electron chi connectivity index (χ1n) is 11.1. The molecule has 2 aromatic rings. The van der Waals surface area contributed by atoms with Crippen LogP contribution in [0.4, 0.5) is 0 Å². The Morgan fingerprint density at radius 2 is 1.93 bits per heavy atom. The normalized spacial score (nSPS) is 29.0. The van der Waals surface area contributed by atoms with Crippen LogP contribution in [0, 0.1) is 17.8 Å². The Morgan fingerprint density at radius 3 is 2.67 bits per heavy atom. The summed E-state index contributed by atoms with van der Waals surface area (Å²) in [5.41, 5.74) is 0.942. The number of rotatable bonds is 6. The molecule has 4 nitrogen and oxygen atoms in total. The molecule has 30 heavy (non-hydrogen) atoms. The van der Waals surface area contributed by atoms with Crippen molar-refractivity contribution in [2.24, 2.45) is 17.8 Å². The number of carbonyl (C=O) groups is 1. The van der Waals surface area contributed by atoms with E-state index < -0.39 is 5.60 Å². The molecule has 2 saturated carbocycles. The molecule has 2 aliphatic carbocycles. The largest absolute Gasteiger partial charge is 0.426 e. The van der Waals surface area contributed by atoms with Gasteiger partial charge < -0.3 is 14.7 Å². The molecule has 0 saturated heterocycles. The molecule has 0 aliphatic heterocycles. The van der Waals surface area contributed by atoms with Crippen LogP contribution < -0.4 is 4.74 Å². The summed E-state index contributed by atoms with van der Waals surface area (Å²) in [7, 11) is 4.15. The van der Waals surface area contributed by atoms with Gasteiger partial charge in [-0.1, -0.05) is 48.9 Å². The van der Waals surface area contributed by atoms with E-state index in [1.807, 2.05) is 55.5 Å². The van der Waals surface area contributed by atoms with E-state index >= 15 is 0 Å². The van der Waals surface area contributed by atoms with Crippen LogP contribution in [-0.2, 0) is 10.4 Å². The fourth-order valence-corrected chi connectivity index (χ4v) is 5.58. The first-order valence-corrected chi connectivity index (χ1v) is 11.1. The highest BCUT2D eigenvalue weighted by Crippen LogP contribution is 2.54. The van der Waals surface area contributed by atoms with E-state index in [9.17, 15) is 9.90 Å². The number of hydrogen-bond donors (Lipinski definition) is 1. The van der Waals surface area contributed by atoms with Gasteiger partial charge in [0.1, 0.15) is 5.75 Å². The minimum Gasteiger partial charge on any atom is -0.426 e. The zero-order valence-electron chi connectivity index (χ0n) is 18.3. The van der Waals surface area contributed by atoms with Crippen molar-refractivity contribution in [2.75, 3.05) is 20.6 Å². The topological polar surface area (TPSA) is 49.8 Å². The number of fused-ring (bicyclic) bond motifs is 2. The number of nitrogens with zero attached hydrogens (tertiary/aromatic N) is 1. The van der Waals surface area contributed by atoms with Crippen molar-refractivity contribution in [1.29, 1.82) is 0 Å². The van der Waals surface area contributed by atoms with Gasteiger partial charge in [-0.15, -0.1) is 0 Å². The lowest BCUT2D eigenvalue weighted by molar-refractivity contribution is -0.135. The molecule has 0 radical (unpaired) electrons. The van der Waals surface area contributed by atoms with Crippen LogP contribution >= 0.6 is 0 Å². The standard InChI is InChI=1S/C26H33NO3/c1-18(20-8-5-4-6-9-20)25(28)30-23-11-7-10-22(15-23)26(29)16-19-12-13-21(14-19)24(26)17-27(2)3/h4-11,15,18-19,21,24,29H,12-14,16-17H2,1-3H3/t18-,19-,21+,24+,26+/m0/s1. The molecule has 0 amide bonds. The number of aliphatic hydroxyl groups is 1. The molecule has 4 rings (SSSR count). The first kappa shape index (κ1) is 21.1. The molecule has 0 heterocycles. The smallest absolute Gasteiger partial charge is 0.318 e. The highest BCUT2D eigenvalue weighted by molar-refractivity contribution is 5.79. The van der Waals surface area contributed by atoms with Crippen molar-refractivity contribution in [3.63, 3.8) is 0 Å². The van der Waals surface area contributed by atoms with Gasteiger partial charge in [0, 0.05) is 12.5 Å². The fourth-order valence-electron chi connectivity index (χ4n) is 5.58. The van der Waals surface area contributed by atoms with Crippen molar-refractivity contribution in [1.82, 2.24) is 4.90 Å². The summed E-state index contributed by atoms with van der Waals surface area (Å²) < 4.78 is 5.73. The van der Waals surface area contributed by atoms with Gasteiger partial charge in [-0.2, -0.15) is 0 Å². The van der Waals surface area contributed by atoms with Crippen LogP contribution in [0.15, 0.2) is 54.6 Å². The molecule has 0 unspecified atom stereocenters. The van der Waals surface area contributed by atoms with Crippen LogP contribution in [0.3, 0.4) is 0 Å². The Balaban J connectivity index is 1.57. The third-order valence-electron chi connectivity index (χ3n) is 7.13. The van der Waals surface area contributed by atoms with Crippen LogP contribution in [0.1, 0.15) is 49.7 Å². The lowest BCUT2D eigenvalue weighted by Gasteiger charge is -2.45. The number of ether oxygens (including phenoxy) is 1. The summed E-state index contributed by atoms with van der Waals surface area (Å²) in [6.45, 7) is 2.73. The van der Waals surface area contributed by atoms with Gasteiger partial charge in [0.15, 0.2) is 0 Å². The third-order valence-corrected chi connectivity index (χ3v) is 7.13. The molecule has 0 spiro atoms. The minimum absolute atomic E-state index is 0.195. The van der Waals surface area contributed by atoms with E-state index in [0.29, 0.717) is 17.6 Å². The van der Waals surface area contributed by atoms with Crippen molar-refractivity contribution >= 4 is 5.97 Å². The highest BCUT2D eigenvalue weighted by atomic mass is 16.5. The zero-order chi connectivity index (χ0) is 21.3. The van der Waals surface area contributed by atoms with Crippen LogP contribution in [0.2, 0.25) is 0 Å². The van der Waals surface area contributed by atoms with Gasteiger partial charge >= 0.3 is 5.97 Å². The van der Waals surface area contributed by atoms with E-state index in [-0.39, 0.29) is 17.8 Å². The maximum Gasteiger partial charge on any atom is 0.318 e. The van der Waals surface area contributed by atoms with Crippen molar-refractivity contribution in [2.45, 2.75) is 44.1 Å².